The molecular weight excluding hydrogens is 413 g/mol. The van der Waals surface area contributed by atoms with Gasteiger partial charge in [0, 0.05) is 18.2 Å². The van der Waals surface area contributed by atoms with Crippen molar-refractivity contribution in [3.05, 3.63) is 29.2 Å². The van der Waals surface area contributed by atoms with Crippen molar-refractivity contribution < 1.29 is 23.4 Å². The van der Waals surface area contributed by atoms with Gasteiger partial charge in [0.2, 0.25) is 5.88 Å². The van der Waals surface area contributed by atoms with Crippen LogP contribution in [0.15, 0.2) is 12.3 Å². The molecule has 1 amide bonds. The molecule has 2 aromatic rings. The number of fused-ring (bicyclic) bond motifs is 4. The van der Waals surface area contributed by atoms with Crippen molar-refractivity contribution in [3.8, 4) is 5.88 Å². The molecule has 0 aromatic carbocycles. The van der Waals surface area contributed by atoms with Crippen molar-refractivity contribution in [3.63, 3.8) is 0 Å². The number of amides is 1. The third-order valence-corrected chi connectivity index (χ3v) is 6.47. The first-order chi connectivity index (χ1) is 15.1. The standard InChI is InChI=1S/C24H32FN3O4/c1-15-12-19(30-5)27-21-17(18(25)13-26-20(15)21)8-11-28(22(29)32-23(2,3)4)24-9-6-16(7-10-24)31-14-24/h12-13,16H,6-11,14H2,1-5H3. The van der Waals surface area contributed by atoms with Crippen molar-refractivity contribution in [1.82, 2.24) is 14.9 Å². The highest BCUT2D eigenvalue weighted by Crippen LogP contribution is 2.41. The van der Waals surface area contributed by atoms with Gasteiger partial charge in [-0.3, -0.25) is 9.88 Å². The molecular formula is C24H32FN3O4. The summed E-state index contributed by atoms with van der Waals surface area (Å²) >= 11 is 0. The molecule has 1 aliphatic carbocycles. The molecule has 4 heterocycles. The minimum absolute atomic E-state index is 0.276. The Morgan fingerprint density at radius 2 is 2.03 bits per heavy atom. The zero-order chi connectivity index (χ0) is 23.1. The van der Waals surface area contributed by atoms with Gasteiger partial charge in [0.25, 0.3) is 0 Å². The molecule has 174 valence electrons. The summed E-state index contributed by atoms with van der Waals surface area (Å²) in [6, 6.07) is 1.78. The zero-order valence-corrected chi connectivity index (χ0v) is 19.5. The molecule has 5 rings (SSSR count). The van der Waals surface area contributed by atoms with Gasteiger partial charge in [0.15, 0.2) is 0 Å². The van der Waals surface area contributed by atoms with Crippen molar-refractivity contribution >= 4 is 17.1 Å². The van der Waals surface area contributed by atoms with Crippen molar-refractivity contribution in [2.24, 2.45) is 0 Å². The number of ether oxygens (including phenoxy) is 3. The molecule has 2 aliphatic heterocycles. The Labute approximate surface area is 188 Å². The first-order valence-corrected chi connectivity index (χ1v) is 11.2. The third kappa shape index (κ3) is 4.37. The van der Waals surface area contributed by atoms with E-state index in [0.717, 1.165) is 31.2 Å². The van der Waals surface area contributed by atoms with E-state index in [9.17, 15) is 9.18 Å². The summed E-state index contributed by atoms with van der Waals surface area (Å²) in [6.07, 6.45) is 4.97. The lowest BCUT2D eigenvalue weighted by Gasteiger charge is -2.52. The van der Waals surface area contributed by atoms with Gasteiger partial charge in [0.1, 0.15) is 11.4 Å². The highest BCUT2D eigenvalue weighted by molar-refractivity contribution is 5.81. The van der Waals surface area contributed by atoms with Crippen LogP contribution in [0.3, 0.4) is 0 Å². The van der Waals surface area contributed by atoms with E-state index in [1.165, 1.54) is 13.3 Å². The molecule has 32 heavy (non-hydrogen) atoms. The third-order valence-electron chi connectivity index (χ3n) is 6.47. The second kappa shape index (κ2) is 8.46. The number of aromatic nitrogens is 2. The number of carbonyl (C=O) groups is 1. The molecule has 8 heteroatoms. The van der Waals surface area contributed by atoms with Crippen LogP contribution in [0.1, 0.15) is 57.6 Å². The maximum absolute atomic E-state index is 14.9. The van der Waals surface area contributed by atoms with E-state index < -0.39 is 17.0 Å². The van der Waals surface area contributed by atoms with Crippen LogP contribution >= 0.6 is 0 Å². The lowest BCUT2D eigenvalue weighted by molar-refractivity contribution is -0.132. The molecule has 0 radical (unpaired) electrons. The summed E-state index contributed by atoms with van der Waals surface area (Å²) in [5.41, 5.74) is 1.33. The maximum Gasteiger partial charge on any atom is 0.410 e. The molecule has 0 unspecified atom stereocenters. The van der Waals surface area contributed by atoms with Crippen LogP contribution in [-0.4, -0.2) is 58.5 Å². The number of halogens is 1. The van der Waals surface area contributed by atoms with Gasteiger partial charge in [-0.1, -0.05) is 0 Å². The molecule has 7 nitrogen and oxygen atoms in total. The van der Waals surface area contributed by atoms with E-state index in [4.69, 9.17) is 14.2 Å². The summed E-state index contributed by atoms with van der Waals surface area (Å²) < 4.78 is 31.9. The second-order valence-electron chi connectivity index (χ2n) is 9.88. The van der Waals surface area contributed by atoms with Gasteiger partial charge in [-0.25, -0.2) is 14.2 Å². The number of hydrogen-bond acceptors (Lipinski definition) is 6. The molecule has 0 N–H and O–H groups in total. The van der Waals surface area contributed by atoms with Crippen LogP contribution in [0.2, 0.25) is 0 Å². The zero-order valence-electron chi connectivity index (χ0n) is 19.5. The molecule has 0 atom stereocenters. The topological polar surface area (TPSA) is 73.8 Å². The number of methoxy groups -OCH3 is 1. The summed E-state index contributed by atoms with van der Waals surface area (Å²) in [5.74, 6) is -0.0341. The number of pyridine rings is 2. The number of aryl methyl sites for hydroxylation is 1. The van der Waals surface area contributed by atoms with Gasteiger partial charge >= 0.3 is 6.09 Å². The predicted octanol–water partition coefficient (Wildman–Crippen LogP) is 4.58. The van der Waals surface area contributed by atoms with E-state index >= 15 is 0 Å². The van der Waals surface area contributed by atoms with Crippen molar-refractivity contribution in [2.45, 2.75) is 77.0 Å². The van der Waals surface area contributed by atoms with E-state index in [0.29, 0.717) is 35.6 Å². The molecule has 2 aromatic heterocycles. The SMILES string of the molecule is COc1cc(C)c2ncc(F)c(CCN(C(=O)OC(C)(C)C)C34CCC(CC3)OC4)c2n1. The second-order valence-corrected chi connectivity index (χ2v) is 9.88. The smallest absolute Gasteiger partial charge is 0.410 e. The van der Waals surface area contributed by atoms with Crippen LogP contribution in [0.25, 0.3) is 11.0 Å². The number of hydrogen-bond donors (Lipinski definition) is 0. The Kier molecular flexibility index (Phi) is 6.00. The Morgan fingerprint density at radius 3 is 2.62 bits per heavy atom. The lowest BCUT2D eigenvalue weighted by Crippen LogP contribution is -2.61. The first kappa shape index (κ1) is 22.7. The van der Waals surface area contributed by atoms with Crippen LogP contribution in [0.5, 0.6) is 5.88 Å². The predicted molar refractivity (Wildman–Crippen MR) is 118 cm³/mol. The fraction of sp³-hybridized carbons (Fsp3) is 0.625. The Morgan fingerprint density at radius 1 is 1.31 bits per heavy atom. The largest absolute Gasteiger partial charge is 0.481 e. The van der Waals surface area contributed by atoms with E-state index in [-0.39, 0.29) is 18.6 Å². The van der Waals surface area contributed by atoms with E-state index in [1.54, 1.807) is 11.0 Å². The lowest BCUT2D eigenvalue weighted by atomic mass is 9.77. The average molecular weight is 446 g/mol. The van der Waals surface area contributed by atoms with Crippen molar-refractivity contribution in [1.29, 1.82) is 0 Å². The van der Waals surface area contributed by atoms with Gasteiger partial charge < -0.3 is 14.2 Å². The van der Waals surface area contributed by atoms with Crippen LogP contribution in [0, 0.1) is 12.7 Å². The van der Waals surface area contributed by atoms with Crippen molar-refractivity contribution in [2.75, 3.05) is 20.3 Å². The quantitative estimate of drug-likeness (QED) is 0.671. The number of rotatable bonds is 5. The van der Waals surface area contributed by atoms with Gasteiger partial charge in [-0.15, -0.1) is 0 Å². The number of carbonyl (C=O) groups excluding carboxylic acids is 1. The molecule has 1 saturated carbocycles. The molecule has 3 aliphatic rings. The molecule has 0 spiro atoms. The summed E-state index contributed by atoms with van der Waals surface area (Å²) in [4.78, 5) is 23.7. The van der Waals surface area contributed by atoms with Gasteiger partial charge in [-0.05, 0) is 65.4 Å². The molecule has 3 fully saturated rings. The fourth-order valence-electron chi connectivity index (χ4n) is 4.79. The summed E-state index contributed by atoms with van der Waals surface area (Å²) in [6.45, 7) is 8.24. The Balaban J connectivity index is 1.68. The van der Waals surface area contributed by atoms with E-state index in [2.05, 4.69) is 9.97 Å². The average Bonchev–Trinajstić information content (AvgIpc) is 2.75. The molecule has 2 saturated heterocycles. The minimum Gasteiger partial charge on any atom is -0.481 e. The van der Waals surface area contributed by atoms with E-state index in [1.807, 2.05) is 27.7 Å². The summed E-state index contributed by atoms with van der Waals surface area (Å²) in [7, 11) is 1.53. The van der Waals surface area contributed by atoms with Gasteiger partial charge in [-0.2, -0.15) is 0 Å². The fourth-order valence-corrected chi connectivity index (χ4v) is 4.79. The van der Waals surface area contributed by atoms with Crippen LogP contribution in [0.4, 0.5) is 9.18 Å². The van der Waals surface area contributed by atoms with Crippen LogP contribution < -0.4 is 4.74 Å². The first-order valence-electron chi connectivity index (χ1n) is 11.2. The highest BCUT2D eigenvalue weighted by Gasteiger charge is 2.48. The summed E-state index contributed by atoms with van der Waals surface area (Å²) in [5, 5.41) is 0. The minimum atomic E-state index is -0.626. The monoisotopic (exact) mass is 445 g/mol. The van der Waals surface area contributed by atoms with Crippen LogP contribution in [-0.2, 0) is 15.9 Å². The maximum atomic E-state index is 14.9. The Bertz CT molecular complexity index is 999. The molecule has 2 bridgehead atoms. The normalized spacial score (nSPS) is 22.8. The Hall–Kier alpha value is -2.48. The highest BCUT2D eigenvalue weighted by atomic mass is 19.1. The van der Waals surface area contributed by atoms with Gasteiger partial charge in [0.05, 0.1) is 42.6 Å². The number of nitrogens with zero attached hydrogens (tertiary/aromatic N) is 3.